The molecule has 0 heterocycles. The molecule has 1 unspecified atom stereocenters. The quantitative estimate of drug-likeness (QED) is 0.439. The Labute approximate surface area is 109 Å². The van der Waals surface area contributed by atoms with Crippen LogP contribution in [0.3, 0.4) is 0 Å². The summed E-state index contributed by atoms with van der Waals surface area (Å²) in [5, 5.41) is 26.4. The number of carboxylic acids is 1. The first-order valence-electron chi connectivity index (χ1n) is 5.33. The molecule has 0 aliphatic heterocycles. The van der Waals surface area contributed by atoms with Crippen LogP contribution in [0.4, 0.5) is 0 Å². The maximum Gasteiger partial charge on any atom is 0.374 e. The van der Waals surface area contributed by atoms with E-state index in [2.05, 4.69) is 0 Å². The lowest BCUT2D eigenvalue weighted by atomic mass is 10.1. The first-order chi connectivity index (χ1) is 8.99. The Kier molecular flexibility index (Phi) is 5.16. The first-order valence-corrected chi connectivity index (χ1v) is 5.33. The number of aliphatic carboxylic acids is 1. The molecule has 1 aromatic carbocycles. The number of hydrogen-bond acceptors (Lipinski definition) is 6. The van der Waals surface area contributed by atoms with E-state index in [4.69, 9.17) is 30.5 Å². The molecule has 0 spiro atoms. The van der Waals surface area contributed by atoms with Crippen molar-refractivity contribution in [1.29, 1.82) is 0 Å². The lowest BCUT2D eigenvalue weighted by Gasteiger charge is -2.14. The predicted molar refractivity (Wildman–Crippen MR) is 66.0 cm³/mol. The summed E-state index contributed by atoms with van der Waals surface area (Å²) in [6, 6.07) is 3.97. The monoisotopic (exact) mass is 269 g/mol. The van der Waals surface area contributed by atoms with Gasteiger partial charge in [-0.25, -0.2) is 4.79 Å². The largest absolute Gasteiger partial charge is 0.500 e. The summed E-state index contributed by atoms with van der Waals surface area (Å²) in [4.78, 5) is 10.4. The molecule has 1 aromatic rings. The molecule has 104 valence electrons. The number of rotatable bonds is 6. The van der Waals surface area contributed by atoms with Crippen LogP contribution < -0.4 is 15.2 Å². The Hall–Kier alpha value is -2.25. The van der Waals surface area contributed by atoms with Crippen molar-refractivity contribution < 1.29 is 29.6 Å². The topological polar surface area (TPSA) is 122 Å². The van der Waals surface area contributed by atoms with Crippen molar-refractivity contribution in [1.82, 2.24) is 0 Å². The average Bonchev–Trinajstić information content (AvgIpc) is 2.43. The maximum atomic E-state index is 10.4. The predicted octanol–water partition coefficient (Wildman–Crippen LogP) is 0.550. The van der Waals surface area contributed by atoms with E-state index in [1.54, 1.807) is 6.07 Å². The molecule has 1 atom stereocenters. The molecule has 0 aliphatic carbocycles. The van der Waals surface area contributed by atoms with Gasteiger partial charge in [-0.3, -0.25) is 0 Å². The molecule has 0 saturated heterocycles. The minimum absolute atomic E-state index is 0.240. The summed E-state index contributed by atoms with van der Waals surface area (Å²) in [6.45, 7) is -0.240. The molecule has 0 amide bonds. The number of hydrogen-bond donors (Lipinski definition) is 4. The van der Waals surface area contributed by atoms with Crippen LogP contribution in [0, 0.1) is 0 Å². The summed E-state index contributed by atoms with van der Waals surface area (Å²) in [7, 11) is 1.43. The number of carbonyl (C=O) groups is 1. The van der Waals surface area contributed by atoms with E-state index in [-0.39, 0.29) is 12.4 Å². The first kappa shape index (κ1) is 14.8. The molecule has 0 radical (unpaired) electrons. The molecular weight excluding hydrogens is 254 g/mol. The van der Waals surface area contributed by atoms with Gasteiger partial charge in [0.2, 0.25) is 5.76 Å². The zero-order valence-electron chi connectivity index (χ0n) is 10.2. The minimum atomic E-state index is -1.49. The second-order valence-electron chi connectivity index (χ2n) is 3.62. The number of ether oxygens (including phenoxy) is 2. The molecule has 5 N–H and O–H groups in total. The van der Waals surface area contributed by atoms with Crippen molar-refractivity contribution in [3.05, 3.63) is 35.8 Å². The van der Waals surface area contributed by atoms with Gasteiger partial charge in [0.05, 0.1) is 19.8 Å². The molecule has 7 nitrogen and oxygen atoms in total. The van der Waals surface area contributed by atoms with Gasteiger partial charge in [0, 0.05) is 11.6 Å². The van der Waals surface area contributed by atoms with E-state index >= 15 is 0 Å². The summed E-state index contributed by atoms with van der Waals surface area (Å²) in [5.41, 5.74) is 6.27. The summed E-state index contributed by atoms with van der Waals surface area (Å²) in [5.74, 6) is -1.76. The van der Waals surface area contributed by atoms with Crippen molar-refractivity contribution in [2.45, 2.75) is 6.04 Å². The van der Waals surface area contributed by atoms with Crippen molar-refractivity contribution >= 4 is 5.97 Å². The van der Waals surface area contributed by atoms with Crippen LogP contribution in [-0.4, -0.2) is 35.0 Å². The molecule has 7 heteroatoms. The van der Waals surface area contributed by atoms with Crippen molar-refractivity contribution in [2.24, 2.45) is 5.73 Å². The fourth-order valence-electron chi connectivity index (χ4n) is 1.34. The van der Waals surface area contributed by atoms with Crippen LogP contribution in [-0.2, 0) is 4.79 Å². The second-order valence-corrected chi connectivity index (χ2v) is 3.62. The number of carboxylic acid groups (broad SMARTS) is 1. The number of nitrogens with two attached hydrogens (primary N) is 1. The number of benzene rings is 1. The molecule has 19 heavy (non-hydrogen) atoms. The zero-order chi connectivity index (χ0) is 14.4. The SMILES string of the molecule is COc1cc(O/C=C(\O)C(=O)O)ccc1C(N)CO. The van der Waals surface area contributed by atoms with Gasteiger partial charge in [0.25, 0.3) is 0 Å². The van der Waals surface area contributed by atoms with Gasteiger partial charge in [-0.1, -0.05) is 0 Å². The lowest BCUT2D eigenvalue weighted by molar-refractivity contribution is -0.135. The van der Waals surface area contributed by atoms with Crippen molar-refractivity contribution in [2.75, 3.05) is 13.7 Å². The van der Waals surface area contributed by atoms with Gasteiger partial charge in [-0.05, 0) is 12.1 Å². The Balaban J connectivity index is 2.94. The normalized spacial score (nSPS) is 12.9. The minimum Gasteiger partial charge on any atom is -0.500 e. The second kappa shape index (κ2) is 6.62. The fourth-order valence-corrected chi connectivity index (χ4v) is 1.34. The molecular formula is C12H15NO6. The van der Waals surface area contributed by atoms with E-state index in [1.165, 1.54) is 19.2 Å². The van der Waals surface area contributed by atoms with Gasteiger partial charge in [-0.2, -0.15) is 0 Å². The highest BCUT2D eigenvalue weighted by Gasteiger charge is 2.12. The van der Waals surface area contributed by atoms with E-state index in [0.717, 1.165) is 0 Å². The Morgan fingerprint density at radius 2 is 2.16 bits per heavy atom. The fraction of sp³-hybridized carbons (Fsp3) is 0.250. The highest BCUT2D eigenvalue weighted by molar-refractivity contribution is 5.83. The smallest absolute Gasteiger partial charge is 0.374 e. The highest BCUT2D eigenvalue weighted by atomic mass is 16.5. The number of methoxy groups -OCH3 is 1. The summed E-state index contributed by atoms with van der Waals surface area (Å²) >= 11 is 0. The summed E-state index contributed by atoms with van der Waals surface area (Å²) in [6.07, 6.45) is 0.697. The average molecular weight is 269 g/mol. The highest BCUT2D eigenvalue weighted by Crippen LogP contribution is 2.28. The van der Waals surface area contributed by atoms with Crippen LogP contribution >= 0.6 is 0 Å². The van der Waals surface area contributed by atoms with Crippen LogP contribution in [0.15, 0.2) is 30.2 Å². The molecule has 1 rings (SSSR count). The number of aliphatic hydroxyl groups excluding tert-OH is 2. The Morgan fingerprint density at radius 1 is 1.47 bits per heavy atom. The van der Waals surface area contributed by atoms with Gasteiger partial charge in [0.1, 0.15) is 17.8 Å². The van der Waals surface area contributed by atoms with E-state index in [0.29, 0.717) is 17.6 Å². The standard InChI is InChI=1S/C12H15NO6/c1-18-11-4-7(19-6-10(15)12(16)17)2-3-8(11)9(13)5-14/h2-4,6,9,14-15H,5,13H2,1H3,(H,16,17)/b10-6-. The van der Waals surface area contributed by atoms with Crippen molar-refractivity contribution in [3.8, 4) is 11.5 Å². The molecule has 0 aliphatic rings. The number of aliphatic hydroxyl groups is 2. The zero-order valence-corrected chi connectivity index (χ0v) is 10.2. The third-order valence-corrected chi connectivity index (χ3v) is 2.33. The van der Waals surface area contributed by atoms with E-state index < -0.39 is 17.8 Å². The van der Waals surface area contributed by atoms with Gasteiger partial charge in [-0.15, -0.1) is 0 Å². The maximum absolute atomic E-state index is 10.4. The molecule has 0 saturated carbocycles. The lowest BCUT2D eigenvalue weighted by Crippen LogP contribution is -2.15. The Morgan fingerprint density at radius 3 is 2.68 bits per heavy atom. The third kappa shape index (κ3) is 3.87. The van der Waals surface area contributed by atoms with Gasteiger partial charge in [0.15, 0.2) is 0 Å². The molecule has 0 fully saturated rings. The Bertz CT molecular complexity index is 485. The molecule has 0 bridgehead atoms. The molecule has 0 aromatic heterocycles. The van der Waals surface area contributed by atoms with E-state index in [1.807, 2.05) is 0 Å². The van der Waals surface area contributed by atoms with Crippen molar-refractivity contribution in [3.63, 3.8) is 0 Å². The summed E-state index contributed by atoms with van der Waals surface area (Å²) < 4.78 is 10.1. The third-order valence-electron chi connectivity index (χ3n) is 2.33. The van der Waals surface area contributed by atoms with Crippen LogP contribution in [0.1, 0.15) is 11.6 Å². The van der Waals surface area contributed by atoms with Gasteiger partial charge >= 0.3 is 5.97 Å². The van der Waals surface area contributed by atoms with Crippen LogP contribution in [0.5, 0.6) is 11.5 Å². The van der Waals surface area contributed by atoms with Crippen LogP contribution in [0.2, 0.25) is 0 Å². The van der Waals surface area contributed by atoms with Gasteiger partial charge < -0.3 is 30.5 Å². The van der Waals surface area contributed by atoms with Crippen LogP contribution in [0.25, 0.3) is 0 Å². The van der Waals surface area contributed by atoms with E-state index in [9.17, 15) is 4.79 Å².